The molecule has 0 aliphatic carbocycles. The zero-order chi connectivity index (χ0) is 14.3. The average Bonchev–Trinajstić information content (AvgIpc) is 2.81. The number of aliphatic hydroxyl groups excluding tert-OH is 1. The molecule has 2 amide bonds. The number of carbonyl (C=O) groups excluding carboxylic acids is 1. The van der Waals surface area contributed by atoms with Gasteiger partial charge in [-0.25, -0.2) is 9.59 Å². The zero-order valence-corrected chi connectivity index (χ0v) is 11.4. The number of urea groups is 1. The lowest BCUT2D eigenvalue weighted by atomic mass is 10.2. The third kappa shape index (κ3) is 6.21. The van der Waals surface area contributed by atoms with Gasteiger partial charge in [0.25, 0.3) is 0 Å². The van der Waals surface area contributed by atoms with E-state index in [-0.39, 0.29) is 25.0 Å². The van der Waals surface area contributed by atoms with Crippen molar-refractivity contribution >= 4 is 23.3 Å². The molecule has 1 unspecified atom stereocenters. The van der Waals surface area contributed by atoms with Gasteiger partial charge in [0.15, 0.2) is 6.10 Å². The predicted octanol–water partition coefficient (Wildman–Crippen LogP) is 0.814. The Bertz CT molecular complexity index is 408. The second kappa shape index (κ2) is 7.75. The van der Waals surface area contributed by atoms with Crippen LogP contribution in [-0.4, -0.2) is 40.9 Å². The molecule has 106 valence electrons. The Morgan fingerprint density at radius 3 is 2.79 bits per heavy atom. The Hall–Kier alpha value is -1.60. The highest BCUT2D eigenvalue weighted by Gasteiger charge is 2.13. The molecule has 7 heteroatoms. The highest BCUT2D eigenvalue weighted by Crippen LogP contribution is 2.10. The number of rotatable bonds is 7. The van der Waals surface area contributed by atoms with E-state index in [1.807, 2.05) is 24.4 Å². The van der Waals surface area contributed by atoms with Crippen LogP contribution in [0.2, 0.25) is 0 Å². The van der Waals surface area contributed by atoms with Crippen LogP contribution in [0.1, 0.15) is 18.2 Å². The highest BCUT2D eigenvalue weighted by atomic mass is 32.1. The summed E-state index contributed by atoms with van der Waals surface area (Å²) in [6, 6.07) is 3.59. The summed E-state index contributed by atoms with van der Waals surface area (Å²) in [7, 11) is 0. The molecule has 0 aromatic carbocycles. The molecule has 4 N–H and O–H groups in total. The maximum Gasteiger partial charge on any atom is 0.332 e. The normalized spacial score (nSPS) is 13.6. The number of thiophene rings is 1. The van der Waals surface area contributed by atoms with Gasteiger partial charge in [-0.2, -0.15) is 0 Å². The van der Waals surface area contributed by atoms with Gasteiger partial charge in [-0.3, -0.25) is 0 Å². The lowest BCUT2D eigenvalue weighted by Crippen LogP contribution is -2.42. The van der Waals surface area contributed by atoms with Crippen molar-refractivity contribution in [1.29, 1.82) is 0 Å². The first-order valence-corrected chi connectivity index (χ1v) is 6.84. The van der Waals surface area contributed by atoms with Gasteiger partial charge in [0.05, 0.1) is 0 Å². The first-order valence-electron chi connectivity index (χ1n) is 5.96. The lowest BCUT2D eigenvalue weighted by Gasteiger charge is -2.14. The molecule has 19 heavy (non-hydrogen) atoms. The zero-order valence-electron chi connectivity index (χ0n) is 10.6. The summed E-state index contributed by atoms with van der Waals surface area (Å²) in [6.07, 6.45) is -0.700. The molecule has 0 spiro atoms. The fourth-order valence-electron chi connectivity index (χ4n) is 1.50. The van der Waals surface area contributed by atoms with Crippen molar-refractivity contribution in [2.75, 3.05) is 6.54 Å². The number of aliphatic carboxylic acids is 1. The molecule has 1 aromatic rings. The Balaban J connectivity index is 2.18. The van der Waals surface area contributed by atoms with Crippen molar-refractivity contribution in [3.8, 4) is 0 Å². The van der Waals surface area contributed by atoms with Crippen LogP contribution < -0.4 is 10.6 Å². The van der Waals surface area contributed by atoms with E-state index in [0.29, 0.717) is 0 Å². The molecule has 0 saturated heterocycles. The third-order valence-corrected chi connectivity index (χ3v) is 3.35. The van der Waals surface area contributed by atoms with E-state index in [2.05, 4.69) is 10.6 Å². The van der Waals surface area contributed by atoms with Gasteiger partial charge in [-0.05, 0) is 18.4 Å². The van der Waals surface area contributed by atoms with Crippen LogP contribution >= 0.6 is 11.3 Å². The predicted molar refractivity (Wildman–Crippen MR) is 72.3 cm³/mol. The van der Waals surface area contributed by atoms with Crippen molar-refractivity contribution in [3.05, 3.63) is 22.4 Å². The summed E-state index contributed by atoms with van der Waals surface area (Å²) < 4.78 is 0. The Kier molecular flexibility index (Phi) is 6.31. The van der Waals surface area contributed by atoms with Gasteiger partial charge >= 0.3 is 12.0 Å². The number of hydrogen-bond acceptors (Lipinski definition) is 4. The SMILES string of the molecule is CC(Cc1cccs1)NC(=O)NCC[C@H](O)C(=O)O. The monoisotopic (exact) mass is 286 g/mol. The van der Waals surface area contributed by atoms with E-state index in [1.54, 1.807) is 11.3 Å². The van der Waals surface area contributed by atoms with E-state index >= 15 is 0 Å². The maximum atomic E-state index is 11.5. The molecule has 1 aromatic heterocycles. The van der Waals surface area contributed by atoms with Crippen LogP contribution in [0.3, 0.4) is 0 Å². The number of hydrogen-bond donors (Lipinski definition) is 4. The van der Waals surface area contributed by atoms with Crippen LogP contribution in [0.4, 0.5) is 4.79 Å². The van der Waals surface area contributed by atoms with Crippen LogP contribution in [0, 0.1) is 0 Å². The standard InChI is InChI=1S/C12H18N2O4S/c1-8(7-9-3-2-6-19-9)14-12(18)13-5-4-10(15)11(16)17/h2-3,6,8,10,15H,4-5,7H2,1H3,(H,16,17)(H2,13,14,18)/t8?,10-/m0/s1. The van der Waals surface area contributed by atoms with Gasteiger partial charge in [-0.15, -0.1) is 11.3 Å². The molecule has 6 nitrogen and oxygen atoms in total. The van der Waals surface area contributed by atoms with Gasteiger partial charge < -0.3 is 20.8 Å². The second-order valence-electron chi connectivity index (χ2n) is 4.23. The van der Waals surface area contributed by atoms with Crippen molar-refractivity contribution < 1.29 is 19.8 Å². The number of aliphatic hydroxyl groups is 1. The van der Waals surface area contributed by atoms with E-state index in [1.165, 1.54) is 4.88 Å². The first kappa shape index (κ1) is 15.5. The molecule has 0 aliphatic rings. The van der Waals surface area contributed by atoms with Gasteiger partial charge in [0, 0.05) is 30.3 Å². The van der Waals surface area contributed by atoms with Crippen molar-refractivity contribution in [2.45, 2.75) is 31.9 Å². The molecule has 0 fully saturated rings. The second-order valence-corrected chi connectivity index (χ2v) is 5.26. The maximum absolute atomic E-state index is 11.5. The fourth-order valence-corrected chi connectivity index (χ4v) is 2.34. The molecule has 2 atom stereocenters. The molecule has 1 rings (SSSR count). The van der Waals surface area contributed by atoms with E-state index in [9.17, 15) is 9.59 Å². The molecular formula is C12H18N2O4S. The molecule has 0 bridgehead atoms. The van der Waals surface area contributed by atoms with E-state index in [4.69, 9.17) is 10.2 Å². The quantitative estimate of drug-likeness (QED) is 0.596. The van der Waals surface area contributed by atoms with Crippen molar-refractivity contribution in [3.63, 3.8) is 0 Å². The number of nitrogens with one attached hydrogen (secondary N) is 2. The summed E-state index contributed by atoms with van der Waals surface area (Å²) in [5.74, 6) is -1.28. The average molecular weight is 286 g/mol. The Labute approximate surface area is 115 Å². The molecule has 0 radical (unpaired) electrons. The minimum Gasteiger partial charge on any atom is -0.479 e. The van der Waals surface area contributed by atoms with Crippen LogP contribution in [0.25, 0.3) is 0 Å². The topological polar surface area (TPSA) is 98.7 Å². The minimum atomic E-state index is -1.44. The number of carboxylic acids is 1. The lowest BCUT2D eigenvalue weighted by molar-refractivity contribution is -0.146. The molecular weight excluding hydrogens is 268 g/mol. The summed E-state index contributed by atoms with van der Waals surface area (Å²) in [5.41, 5.74) is 0. The summed E-state index contributed by atoms with van der Waals surface area (Å²) >= 11 is 1.63. The summed E-state index contributed by atoms with van der Waals surface area (Å²) in [5, 5.41) is 24.7. The minimum absolute atomic E-state index is 0.0111. The molecule has 1 heterocycles. The molecule has 0 aliphatic heterocycles. The van der Waals surface area contributed by atoms with E-state index in [0.717, 1.165) is 6.42 Å². The van der Waals surface area contributed by atoms with Gasteiger partial charge in [0.2, 0.25) is 0 Å². The Morgan fingerprint density at radius 1 is 1.47 bits per heavy atom. The highest BCUT2D eigenvalue weighted by molar-refractivity contribution is 7.09. The largest absolute Gasteiger partial charge is 0.479 e. The first-order chi connectivity index (χ1) is 8.99. The Morgan fingerprint density at radius 2 is 2.21 bits per heavy atom. The van der Waals surface area contributed by atoms with Crippen molar-refractivity contribution in [2.24, 2.45) is 0 Å². The number of amides is 2. The fraction of sp³-hybridized carbons (Fsp3) is 0.500. The van der Waals surface area contributed by atoms with Crippen LogP contribution in [0.15, 0.2) is 17.5 Å². The number of carbonyl (C=O) groups is 2. The van der Waals surface area contributed by atoms with Crippen molar-refractivity contribution in [1.82, 2.24) is 10.6 Å². The number of carboxylic acid groups (broad SMARTS) is 1. The smallest absolute Gasteiger partial charge is 0.332 e. The summed E-state index contributed by atoms with van der Waals surface area (Å²) in [4.78, 5) is 23.0. The van der Waals surface area contributed by atoms with Crippen LogP contribution in [0.5, 0.6) is 0 Å². The van der Waals surface area contributed by atoms with Gasteiger partial charge in [-0.1, -0.05) is 6.07 Å². The third-order valence-electron chi connectivity index (χ3n) is 2.45. The summed E-state index contributed by atoms with van der Waals surface area (Å²) in [6.45, 7) is 2.01. The van der Waals surface area contributed by atoms with Gasteiger partial charge in [0.1, 0.15) is 0 Å². The van der Waals surface area contributed by atoms with Crippen LogP contribution in [-0.2, 0) is 11.2 Å². The van der Waals surface area contributed by atoms with E-state index < -0.39 is 12.1 Å². The molecule has 0 saturated carbocycles.